The van der Waals surface area contributed by atoms with E-state index in [9.17, 15) is 4.79 Å². The molecular weight excluding hydrogens is 216 g/mol. The molecule has 0 aromatic heterocycles. The summed E-state index contributed by atoms with van der Waals surface area (Å²) < 4.78 is 5.49. The van der Waals surface area contributed by atoms with E-state index in [1.54, 1.807) is 0 Å². The highest BCUT2D eigenvalue weighted by Crippen LogP contribution is 2.68. The third-order valence-electron chi connectivity index (χ3n) is 4.98. The molecule has 2 rings (SSSR count). The summed E-state index contributed by atoms with van der Waals surface area (Å²) in [7, 11) is 0. The number of rotatable bonds is 2. The van der Waals surface area contributed by atoms with Crippen molar-refractivity contribution in [1.82, 2.24) is 4.90 Å². The Kier molecular flexibility index (Phi) is 2.99. The third-order valence-corrected chi connectivity index (χ3v) is 4.98. The van der Waals surface area contributed by atoms with Gasteiger partial charge in [0.1, 0.15) is 0 Å². The second kappa shape index (κ2) is 3.95. The largest absolute Gasteiger partial charge is 0.373 e. The van der Waals surface area contributed by atoms with E-state index in [0.29, 0.717) is 26.2 Å². The molecule has 0 spiro atoms. The number of hydrogen-bond acceptors (Lipinski definition) is 3. The van der Waals surface area contributed by atoms with Crippen LogP contribution in [0, 0.1) is 16.7 Å². The Morgan fingerprint density at radius 1 is 1.35 bits per heavy atom. The van der Waals surface area contributed by atoms with Gasteiger partial charge in [0.05, 0.1) is 12.7 Å². The highest BCUT2D eigenvalue weighted by Gasteiger charge is 2.68. The average molecular weight is 240 g/mol. The zero-order chi connectivity index (χ0) is 12.8. The summed E-state index contributed by atoms with van der Waals surface area (Å²) in [4.78, 5) is 14.4. The van der Waals surface area contributed by atoms with Crippen LogP contribution in [0.3, 0.4) is 0 Å². The first-order valence-corrected chi connectivity index (χ1v) is 6.43. The smallest absolute Gasteiger partial charge is 0.226 e. The van der Waals surface area contributed by atoms with Crippen LogP contribution in [0.15, 0.2) is 0 Å². The van der Waals surface area contributed by atoms with Gasteiger partial charge in [-0.3, -0.25) is 4.79 Å². The molecule has 1 aliphatic carbocycles. The Hall–Kier alpha value is -0.610. The summed E-state index contributed by atoms with van der Waals surface area (Å²) in [5.41, 5.74) is 5.82. The fraction of sp³-hybridized carbons (Fsp3) is 0.923. The summed E-state index contributed by atoms with van der Waals surface area (Å²) in [6.45, 7) is 11.2. The summed E-state index contributed by atoms with van der Waals surface area (Å²) in [5, 5.41) is 0. The van der Waals surface area contributed by atoms with Gasteiger partial charge in [0.25, 0.3) is 0 Å². The lowest BCUT2D eigenvalue weighted by Gasteiger charge is -2.33. The minimum Gasteiger partial charge on any atom is -0.373 e. The number of nitrogens with two attached hydrogens (primary N) is 1. The van der Waals surface area contributed by atoms with Crippen LogP contribution < -0.4 is 5.73 Å². The Balaban J connectivity index is 2.02. The average Bonchev–Trinajstić information content (AvgIpc) is 2.69. The minimum absolute atomic E-state index is 0.0117. The number of carbonyl (C=O) groups excluding carboxylic acids is 1. The van der Waals surface area contributed by atoms with Crippen molar-refractivity contribution < 1.29 is 9.53 Å². The molecule has 4 heteroatoms. The molecule has 1 saturated heterocycles. The zero-order valence-electron chi connectivity index (χ0n) is 11.3. The molecule has 0 aromatic rings. The summed E-state index contributed by atoms with van der Waals surface area (Å²) in [6.07, 6.45) is 0.0117. The van der Waals surface area contributed by atoms with E-state index >= 15 is 0 Å². The third kappa shape index (κ3) is 1.87. The molecule has 17 heavy (non-hydrogen) atoms. The van der Waals surface area contributed by atoms with E-state index in [4.69, 9.17) is 10.5 Å². The first-order chi connectivity index (χ1) is 7.82. The second-order valence-corrected chi connectivity index (χ2v) is 6.39. The van der Waals surface area contributed by atoms with Crippen LogP contribution in [-0.2, 0) is 9.53 Å². The van der Waals surface area contributed by atoms with Gasteiger partial charge in [-0.15, -0.1) is 0 Å². The lowest BCUT2D eigenvalue weighted by Crippen LogP contribution is -2.49. The monoisotopic (exact) mass is 240 g/mol. The van der Waals surface area contributed by atoms with Gasteiger partial charge >= 0.3 is 0 Å². The second-order valence-electron chi connectivity index (χ2n) is 6.39. The van der Waals surface area contributed by atoms with Gasteiger partial charge in [0.15, 0.2) is 0 Å². The molecule has 1 aliphatic heterocycles. The van der Waals surface area contributed by atoms with E-state index < -0.39 is 0 Å². The van der Waals surface area contributed by atoms with E-state index in [1.165, 1.54) is 0 Å². The molecule has 1 saturated carbocycles. The molecule has 0 aromatic carbocycles. The predicted octanol–water partition coefficient (Wildman–Crippen LogP) is 0.855. The number of nitrogens with zero attached hydrogens (tertiary/aromatic N) is 1. The Bertz CT molecular complexity index is 311. The number of carbonyl (C=O) groups is 1. The van der Waals surface area contributed by atoms with Crippen molar-refractivity contribution in [1.29, 1.82) is 0 Å². The summed E-state index contributed by atoms with van der Waals surface area (Å²) >= 11 is 0. The number of morpholine rings is 1. The fourth-order valence-electron chi connectivity index (χ4n) is 3.06. The first-order valence-electron chi connectivity index (χ1n) is 6.43. The van der Waals surface area contributed by atoms with E-state index in [-0.39, 0.29) is 28.8 Å². The number of amides is 1. The van der Waals surface area contributed by atoms with Crippen LogP contribution >= 0.6 is 0 Å². The van der Waals surface area contributed by atoms with Crippen LogP contribution in [0.2, 0.25) is 0 Å². The number of ether oxygens (including phenoxy) is 1. The maximum Gasteiger partial charge on any atom is 0.226 e. The number of hydrogen-bond donors (Lipinski definition) is 1. The molecule has 2 aliphatic rings. The SMILES string of the molecule is CC1(C)C(C(=O)N2CCOC(CN)C2)C1(C)C. The van der Waals surface area contributed by atoms with Crippen molar-refractivity contribution in [2.75, 3.05) is 26.2 Å². The van der Waals surface area contributed by atoms with Crippen LogP contribution in [0.1, 0.15) is 27.7 Å². The molecule has 1 unspecified atom stereocenters. The van der Waals surface area contributed by atoms with Crippen LogP contribution in [0.5, 0.6) is 0 Å². The van der Waals surface area contributed by atoms with Crippen LogP contribution in [0.25, 0.3) is 0 Å². The van der Waals surface area contributed by atoms with Crippen molar-refractivity contribution in [2.45, 2.75) is 33.8 Å². The maximum atomic E-state index is 12.5. The Labute approximate surface area is 103 Å². The highest BCUT2D eigenvalue weighted by molar-refractivity contribution is 5.84. The van der Waals surface area contributed by atoms with E-state index in [2.05, 4.69) is 27.7 Å². The van der Waals surface area contributed by atoms with Crippen molar-refractivity contribution in [2.24, 2.45) is 22.5 Å². The van der Waals surface area contributed by atoms with Crippen LogP contribution in [0.4, 0.5) is 0 Å². The van der Waals surface area contributed by atoms with E-state index in [0.717, 1.165) is 0 Å². The van der Waals surface area contributed by atoms with Gasteiger partial charge in [-0.2, -0.15) is 0 Å². The molecule has 1 amide bonds. The lowest BCUT2D eigenvalue weighted by molar-refractivity contribution is -0.141. The highest BCUT2D eigenvalue weighted by atomic mass is 16.5. The van der Waals surface area contributed by atoms with Gasteiger partial charge in [0.2, 0.25) is 5.91 Å². The molecule has 2 fully saturated rings. The predicted molar refractivity (Wildman–Crippen MR) is 66.4 cm³/mol. The lowest BCUT2D eigenvalue weighted by atomic mass is 10.0. The van der Waals surface area contributed by atoms with Crippen molar-refractivity contribution in [3.05, 3.63) is 0 Å². The van der Waals surface area contributed by atoms with Crippen molar-refractivity contribution in [3.8, 4) is 0 Å². The molecule has 1 atom stereocenters. The molecule has 0 bridgehead atoms. The quantitative estimate of drug-likeness (QED) is 0.778. The van der Waals surface area contributed by atoms with Crippen LogP contribution in [-0.4, -0.2) is 43.2 Å². The Morgan fingerprint density at radius 3 is 2.41 bits per heavy atom. The van der Waals surface area contributed by atoms with Gasteiger partial charge in [-0.1, -0.05) is 27.7 Å². The van der Waals surface area contributed by atoms with Gasteiger partial charge < -0.3 is 15.4 Å². The maximum absolute atomic E-state index is 12.5. The first kappa shape index (κ1) is 12.8. The van der Waals surface area contributed by atoms with Crippen molar-refractivity contribution in [3.63, 3.8) is 0 Å². The Morgan fingerprint density at radius 2 is 1.94 bits per heavy atom. The van der Waals surface area contributed by atoms with E-state index in [1.807, 2.05) is 4.90 Å². The fourth-order valence-corrected chi connectivity index (χ4v) is 3.06. The molecule has 4 nitrogen and oxygen atoms in total. The zero-order valence-corrected chi connectivity index (χ0v) is 11.3. The standard InChI is InChI=1S/C13H24N2O2/c1-12(2)10(13(12,3)4)11(16)15-5-6-17-9(7-14)8-15/h9-10H,5-8,14H2,1-4H3. The summed E-state index contributed by atoms with van der Waals surface area (Å²) in [5.74, 6) is 0.424. The normalized spacial score (nSPS) is 31.4. The topological polar surface area (TPSA) is 55.6 Å². The van der Waals surface area contributed by atoms with Gasteiger partial charge in [0, 0.05) is 25.6 Å². The molecule has 0 radical (unpaired) electrons. The van der Waals surface area contributed by atoms with Gasteiger partial charge in [-0.25, -0.2) is 0 Å². The molecule has 98 valence electrons. The van der Waals surface area contributed by atoms with Gasteiger partial charge in [-0.05, 0) is 10.8 Å². The minimum atomic E-state index is 0.0117. The molecule has 1 heterocycles. The molecular formula is C13H24N2O2. The summed E-state index contributed by atoms with van der Waals surface area (Å²) in [6, 6.07) is 0. The van der Waals surface area contributed by atoms with Crippen molar-refractivity contribution >= 4 is 5.91 Å². The molecule has 2 N–H and O–H groups in total.